The van der Waals surface area contributed by atoms with Crippen LogP contribution >= 0.6 is 0 Å². The van der Waals surface area contributed by atoms with Gasteiger partial charge in [-0.05, 0) is 12.8 Å². The van der Waals surface area contributed by atoms with Crippen molar-refractivity contribution in [2.24, 2.45) is 0 Å². The first-order chi connectivity index (χ1) is 25.9. The lowest BCUT2D eigenvalue weighted by Crippen LogP contribution is -2.15. The van der Waals surface area contributed by atoms with Crippen molar-refractivity contribution < 1.29 is 37.9 Å². The molecule has 0 aromatic carbocycles. The molecule has 0 aliphatic heterocycles. The first-order valence-electron chi connectivity index (χ1n) is 22.5. The third kappa shape index (κ3) is 49.7. The molecule has 0 aliphatic rings. The van der Waals surface area contributed by atoms with Gasteiger partial charge in [0.2, 0.25) is 0 Å². The predicted octanol–water partition coefficient (Wildman–Crippen LogP) is 11.3. The Morgan fingerprint density at radius 1 is 0.154 bits per heavy atom. The molecule has 0 saturated carbocycles. The largest absolute Gasteiger partial charge is 0.379 e. The first kappa shape index (κ1) is 51.7. The van der Waals surface area contributed by atoms with Gasteiger partial charge in [-0.15, -0.1) is 0 Å². The highest BCUT2D eigenvalue weighted by molar-refractivity contribution is 4.51. The van der Waals surface area contributed by atoms with E-state index in [0.717, 1.165) is 26.1 Å². The van der Waals surface area contributed by atoms with Crippen molar-refractivity contribution in [2.75, 3.05) is 106 Å². The Hall–Kier alpha value is -0.320. The number of hydrogen-bond acceptors (Lipinski definition) is 8. The summed E-state index contributed by atoms with van der Waals surface area (Å²) in [4.78, 5) is 0. The van der Waals surface area contributed by atoms with Gasteiger partial charge in [-0.3, -0.25) is 0 Å². The van der Waals surface area contributed by atoms with E-state index in [2.05, 4.69) is 13.8 Å². The normalized spacial score (nSPS) is 11.7. The number of unbranched alkanes of at least 4 members (excludes halogenated alkanes) is 24. The topological polar surface area (TPSA) is 73.8 Å². The van der Waals surface area contributed by atoms with E-state index in [1.54, 1.807) is 0 Å². The van der Waals surface area contributed by atoms with Crippen LogP contribution in [0.2, 0.25) is 0 Å². The summed E-state index contributed by atoms with van der Waals surface area (Å²) < 4.78 is 44.7. The molecular formula is C44H90O8. The van der Waals surface area contributed by atoms with Crippen molar-refractivity contribution in [3.8, 4) is 0 Å². The quantitative estimate of drug-likeness (QED) is 0.0570. The molecule has 0 amide bonds. The van der Waals surface area contributed by atoms with Crippen molar-refractivity contribution in [3.63, 3.8) is 0 Å². The Balaban J connectivity index is 3.04. The maximum absolute atomic E-state index is 5.70. The SMILES string of the molecule is CCCCCCCCCCCCCCCCCCOCCOCCOCCOCCOCCOCCOCCOCCCCCCCCCCCC. The third-order valence-corrected chi connectivity index (χ3v) is 9.39. The molecule has 0 unspecified atom stereocenters. The van der Waals surface area contributed by atoms with Crippen LogP contribution in [0.1, 0.15) is 181 Å². The van der Waals surface area contributed by atoms with E-state index in [-0.39, 0.29) is 0 Å². The van der Waals surface area contributed by atoms with Gasteiger partial charge in [0, 0.05) is 13.2 Å². The standard InChI is InChI=1S/C44H90O8/c1-3-5-7-9-11-13-15-16-17-18-19-20-22-24-26-28-30-46-32-34-48-36-38-50-40-42-52-44-43-51-41-39-49-37-35-47-33-31-45-29-27-25-23-21-14-12-10-8-6-4-2/h3-44H2,1-2H3. The van der Waals surface area contributed by atoms with E-state index >= 15 is 0 Å². The van der Waals surface area contributed by atoms with E-state index < -0.39 is 0 Å². The van der Waals surface area contributed by atoms with Crippen molar-refractivity contribution in [1.82, 2.24) is 0 Å². The molecule has 8 nitrogen and oxygen atoms in total. The molecule has 314 valence electrons. The monoisotopic (exact) mass is 747 g/mol. The van der Waals surface area contributed by atoms with E-state index in [1.807, 2.05) is 0 Å². The van der Waals surface area contributed by atoms with E-state index in [1.165, 1.54) is 154 Å². The number of ether oxygens (including phenoxy) is 8. The molecule has 0 spiro atoms. The van der Waals surface area contributed by atoms with E-state index in [4.69, 9.17) is 37.9 Å². The van der Waals surface area contributed by atoms with Crippen LogP contribution in [-0.4, -0.2) is 106 Å². The summed E-state index contributed by atoms with van der Waals surface area (Å²) >= 11 is 0. The minimum atomic E-state index is 0.554. The highest BCUT2D eigenvalue weighted by Gasteiger charge is 1.98. The van der Waals surface area contributed by atoms with Gasteiger partial charge < -0.3 is 37.9 Å². The lowest BCUT2D eigenvalue weighted by atomic mass is 10.0. The molecule has 0 aliphatic carbocycles. The number of hydrogen-bond donors (Lipinski definition) is 0. The van der Waals surface area contributed by atoms with Crippen LogP contribution in [0, 0.1) is 0 Å². The average molecular weight is 747 g/mol. The zero-order valence-electron chi connectivity index (χ0n) is 35.0. The molecule has 0 fully saturated rings. The smallest absolute Gasteiger partial charge is 0.0701 e. The van der Waals surface area contributed by atoms with Gasteiger partial charge in [0.1, 0.15) is 0 Å². The molecule has 0 heterocycles. The Kier molecular flexibility index (Phi) is 50.4. The molecule has 0 aromatic rings. The van der Waals surface area contributed by atoms with Crippen LogP contribution in [0.3, 0.4) is 0 Å². The van der Waals surface area contributed by atoms with Gasteiger partial charge in [-0.25, -0.2) is 0 Å². The highest BCUT2D eigenvalue weighted by Crippen LogP contribution is 2.14. The van der Waals surface area contributed by atoms with Crippen LogP contribution in [0.15, 0.2) is 0 Å². The summed E-state index contributed by atoms with van der Waals surface area (Å²) in [7, 11) is 0. The minimum absolute atomic E-state index is 0.554. The lowest BCUT2D eigenvalue weighted by molar-refractivity contribution is -0.0232. The summed E-state index contributed by atoms with van der Waals surface area (Å²) in [5.41, 5.74) is 0. The maximum Gasteiger partial charge on any atom is 0.0701 e. The minimum Gasteiger partial charge on any atom is -0.379 e. The average Bonchev–Trinajstić information content (AvgIpc) is 3.16. The van der Waals surface area contributed by atoms with Crippen molar-refractivity contribution in [3.05, 3.63) is 0 Å². The Morgan fingerprint density at radius 3 is 0.462 bits per heavy atom. The lowest BCUT2D eigenvalue weighted by Gasteiger charge is -2.09. The Labute approximate surface area is 323 Å². The molecule has 0 N–H and O–H groups in total. The Bertz CT molecular complexity index is 547. The fourth-order valence-corrected chi connectivity index (χ4v) is 6.09. The van der Waals surface area contributed by atoms with Crippen molar-refractivity contribution >= 4 is 0 Å². The predicted molar refractivity (Wildman–Crippen MR) is 218 cm³/mol. The Morgan fingerprint density at radius 2 is 0.288 bits per heavy atom. The molecule has 8 heteroatoms. The van der Waals surface area contributed by atoms with E-state index in [9.17, 15) is 0 Å². The zero-order chi connectivity index (χ0) is 37.4. The van der Waals surface area contributed by atoms with Crippen LogP contribution in [-0.2, 0) is 37.9 Å². The second-order valence-corrected chi connectivity index (χ2v) is 14.4. The second kappa shape index (κ2) is 50.7. The van der Waals surface area contributed by atoms with Crippen LogP contribution in [0.25, 0.3) is 0 Å². The van der Waals surface area contributed by atoms with Gasteiger partial charge in [-0.1, -0.05) is 168 Å². The van der Waals surface area contributed by atoms with Crippen molar-refractivity contribution in [2.45, 2.75) is 181 Å². The number of rotatable bonds is 49. The second-order valence-electron chi connectivity index (χ2n) is 14.4. The first-order valence-corrected chi connectivity index (χ1v) is 22.5. The summed E-state index contributed by atoms with van der Waals surface area (Å²) in [6, 6.07) is 0. The molecule has 0 saturated heterocycles. The van der Waals surface area contributed by atoms with Crippen LogP contribution < -0.4 is 0 Å². The summed E-state index contributed by atoms with van der Waals surface area (Å²) in [6.07, 6.45) is 35.8. The fourth-order valence-electron chi connectivity index (χ4n) is 6.09. The summed E-state index contributed by atoms with van der Waals surface area (Å²) in [5, 5.41) is 0. The maximum atomic E-state index is 5.70. The summed E-state index contributed by atoms with van der Waals surface area (Å²) in [5.74, 6) is 0. The summed E-state index contributed by atoms with van der Waals surface area (Å²) in [6.45, 7) is 14.5. The molecular weight excluding hydrogens is 656 g/mol. The van der Waals surface area contributed by atoms with Gasteiger partial charge in [0.25, 0.3) is 0 Å². The van der Waals surface area contributed by atoms with Crippen LogP contribution in [0.4, 0.5) is 0 Å². The molecule has 0 aromatic heterocycles. The van der Waals surface area contributed by atoms with E-state index in [0.29, 0.717) is 92.5 Å². The zero-order valence-corrected chi connectivity index (χ0v) is 35.0. The molecule has 52 heavy (non-hydrogen) atoms. The molecule has 0 bridgehead atoms. The van der Waals surface area contributed by atoms with Gasteiger partial charge in [0.15, 0.2) is 0 Å². The molecule has 0 radical (unpaired) electrons. The molecule has 0 rings (SSSR count). The highest BCUT2D eigenvalue weighted by atomic mass is 16.6. The fraction of sp³-hybridized carbons (Fsp3) is 1.00. The third-order valence-electron chi connectivity index (χ3n) is 9.39. The molecule has 0 atom stereocenters. The van der Waals surface area contributed by atoms with Gasteiger partial charge in [0.05, 0.1) is 92.5 Å². The van der Waals surface area contributed by atoms with Gasteiger partial charge >= 0.3 is 0 Å². The van der Waals surface area contributed by atoms with Crippen LogP contribution in [0.5, 0.6) is 0 Å². The van der Waals surface area contributed by atoms with Gasteiger partial charge in [-0.2, -0.15) is 0 Å². The van der Waals surface area contributed by atoms with Crippen molar-refractivity contribution in [1.29, 1.82) is 0 Å².